The van der Waals surface area contributed by atoms with E-state index < -0.39 is 10.0 Å². The van der Waals surface area contributed by atoms with Crippen molar-refractivity contribution < 1.29 is 8.42 Å². The van der Waals surface area contributed by atoms with E-state index in [-0.39, 0.29) is 10.9 Å². The Bertz CT molecular complexity index is 827. The minimum Gasteiger partial charge on any atom is -0.353 e. The van der Waals surface area contributed by atoms with E-state index in [1.807, 2.05) is 31.0 Å². The minimum atomic E-state index is -3.74. The molecule has 0 saturated carbocycles. The first-order chi connectivity index (χ1) is 10.3. The van der Waals surface area contributed by atoms with Gasteiger partial charge in [0, 0.05) is 7.05 Å². The molecule has 6 nitrogen and oxygen atoms in total. The van der Waals surface area contributed by atoms with Gasteiger partial charge < -0.3 is 4.90 Å². The highest BCUT2D eigenvalue weighted by molar-refractivity contribution is 7.89. The van der Waals surface area contributed by atoms with Crippen LogP contribution in [0.4, 0.5) is 5.82 Å². The molecule has 2 rings (SSSR count). The van der Waals surface area contributed by atoms with Crippen molar-refractivity contribution in [2.75, 3.05) is 11.9 Å². The van der Waals surface area contributed by atoms with Crippen LogP contribution in [0.1, 0.15) is 24.2 Å². The van der Waals surface area contributed by atoms with Gasteiger partial charge >= 0.3 is 0 Å². The Labute approximate surface area is 129 Å². The van der Waals surface area contributed by atoms with Crippen LogP contribution in [0.5, 0.6) is 0 Å². The normalized spacial score (nSPS) is 12.5. The zero-order valence-corrected chi connectivity index (χ0v) is 13.1. The van der Waals surface area contributed by atoms with Gasteiger partial charge in [-0.15, -0.1) is 0 Å². The highest BCUT2D eigenvalue weighted by Crippen LogP contribution is 2.25. The molecule has 1 aromatic carbocycles. The Hall–Kier alpha value is -2.43. The van der Waals surface area contributed by atoms with E-state index in [4.69, 9.17) is 10.4 Å². The molecule has 114 valence electrons. The number of nitrogens with two attached hydrogens (primary N) is 1. The maximum absolute atomic E-state index is 11.4. The van der Waals surface area contributed by atoms with Crippen molar-refractivity contribution >= 4 is 15.8 Å². The van der Waals surface area contributed by atoms with Gasteiger partial charge in [0.15, 0.2) is 0 Å². The number of anilines is 1. The molecule has 1 heterocycles. The summed E-state index contributed by atoms with van der Waals surface area (Å²) in [6.07, 6.45) is 0. The van der Waals surface area contributed by atoms with Gasteiger partial charge in [-0.05, 0) is 36.8 Å². The lowest BCUT2D eigenvalue weighted by molar-refractivity contribution is 0.597. The third-order valence-electron chi connectivity index (χ3n) is 3.46. The van der Waals surface area contributed by atoms with Crippen LogP contribution in [0.3, 0.4) is 0 Å². The lowest BCUT2D eigenvalue weighted by Gasteiger charge is -2.26. The van der Waals surface area contributed by atoms with E-state index in [9.17, 15) is 8.42 Å². The smallest absolute Gasteiger partial charge is 0.238 e. The number of nitriles is 1. The van der Waals surface area contributed by atoms with Crippen molar-refractivity contribution in [3.05, 3.63) is 53.7 Å². The van der Waals surface area contributed by atoms with Gasteiger partial charge in [-0.1, -0.05) is 18.2 Å². The first-order valence-corrected chi connectivity index (χ1v) is 8.10. The fraction of sp³-hybridized carbons (Fsp3) is 0.200. The number of rotatable bonds is 4. The zero-order chi connectivity index (χ0) is 16.3. The van der Waals surface area contributed by atoms with E-state index in [1.165, 1.54) is 6.07 Å². The second kappa shape index (κ2) is 6.13. The third-order valence-corrected chi connectivity index (χ3v) is 4.37. The first-order valence-electron chi connectivity index (χ1n) is 6.55. The van der Waals surface area contributed by atoms with Crippen LogP contribution in [0.15, 0.2) is 47.4 Å². The van der Waals surface area contributed by atoms with E-state index in [0.717, 1.165) is 5.56 Å². The molecule has 0 aliphatic carbocycles. The standard InChI is InChI=1S/C15H16N4O2S/c1-11(12-5-3-7-14(9-12)22(17,20)21)19(2)15-8-4-6-13(10-16)18-15/h3-9,11H,1-2H3,(H2,17,20,21). The highest BCUT2D eigenvalue weighted by Gasteiger charge is 2.16. The van der Waals surface area contributed by atoms with E-state index in [0.29, 0.717) is 11.5 Å². The Kier molecular flexibility index (Phi) is 4.45. The predicted octanol–water partition coefficient (Wildman–Crippen LogP) is 1.80. The summed E-state index contributed by atoms with van der Waals surface area (Å²) in [5.74, 6) is 0.632. The van der Waals surface area contributed by atoms with Crippen molar-refractivity contribution in [2.45, 2.75) is 17.9 Å². The van der Waals surface area contributed by atoms with Gasteiger partial charge in [0.05, 0.1) is 10.9 Å². The molecule has 0 saturated heterocycles. The van der Waals surface area contributed by atoms with Crippen molar-refractivity contribution in [1.82, 2.24) is 4.98 Å². The van der Waals surface area contributed by atoms with E-state index >= 15 is 0 Å². The van der Waals surface area contributed by atoms with Crippen LogP contribution < -0.4 is 10.0 Å². The van der Waals surface area contributed by atoms with Gasteiger partial charge in [-0.25, -0.2) is 18.5 Å². The average Bonchev–Trinajstić information content (AvgIpc) is 2.53. The summed E-state index contributed by atoms with van der Waals surface area (Å²) in [5, 5.41) is 14.1. The van der Waals surface area contributed by atoms with Gasteiger partial charge in [0.2, 0.25) is 10.0 Å². The van der Waals surface area contributed by atoms with Crippen LogP contribution in [-0.4, -0.2) is 20.4 Å². The molecule has 0 radical (unpaired) electrons. The molecule has 1 atom stereocenters. The van der Waals surface area contributed by atoms with Crippen molar-refractivity contribution in [3.63, 3.8) is 0 Å². The van der Waals surface area contributed by atoms with Crippen LogP contribution >= 0.6 is 0 Å². The monoisotopic (exact) mass is 316 g/mol. The van der Waals surface area contributed by atoms with Crippen molar-refractivity contribution in [2.24, 2.45) is 5.14 Å². The molecule has 0 aliphatic heterocycles. The molecule has 0 aliphatic rings. The molecule has 2 aromatic rings. The number of sulfonamides is 1. The Morgan fingerprint density at radius 3 is 2.59 bits per heavy atom. The molecule has 0 amide bonds. The molecular formula is C15H16N4O2S. The SMILES string of the molecule is CC(c1cccc(S(N)(=O)=O)c1)N(C)c1cccc(C#N)n1. The fourth-order valence-corrected chi connectivity index (χ4v) is 2.62. The highest BCUT2D eigenvalue weighted by atomic mass is 32.2. The molecule has 0 bridgehead atoms. The second-order valence-corrected chi connectivity index (χ2v) is 6.46. The molecule has 0 fully saturated rings. The lowest BCUT2D eigenvalue weighted by Crippen LogP contribution is -2.23. The van der Waals surface area contributed by atoms with E-state index in [2.05, 4.69) is 4.98 Å². The summed E-state index contributed by atoms with van der Waals surface area (Å²) < 4.78 is 22.9. The molecule has 1 unspecified atom stereocenters. The molecule has 7 heteroatoms. The lowest BCUT2D eigenvalue weighted by atomic mass is 10.1. The average molecular weight is 316 g/mol. The number of hydrogen-bond acceptors (Lipinski definition) is 5. The minimum absolute atomic E-state index is 0.0731. The van der Waals surface area contributed by atoms with Gasteiger partial charge in [-0.3, -0.25) is 0 Å². The molecular weight excluding hydrogens is 300 g/mol. The molecule has 1 aromatic heterocycles. The zero-order valence-electron chi connectivity index (χ0n) is 12.3. The molecule has 0 spiro atoms. The van der Waals surface area contributed by atoms with Gasteiger partial charge in [-0.2, -0.15) is 5.26 Å². The maximum Gasteiger partial charge on any atom is 0.238 e. The van der Waals surface area contributed by atoms with Gasteiger partial charge in [0.25, 0.3) is 0 Å². The van der Waals surface area contributed by atoms with Crippen molar-refractivity contribution in [3.8, 4) is 6.07 Å². The summed E-state index contributed by atoms with van der Waals surface area (Å²) in [4.78, 5) is 6.17. The third kappa shape index (κ3) is 3.42. The Morgan fingerprint density at radius 1 is 1.27 bits per heavy atom. The summed E-state index contributed by atoms with van der Waals surface area (Å²) in [6, 6.07) is 13.5. The van der Waals surface area contributed by atoms with Crippen LogP contribution in [0.25, 0.3) is 0 Å². The Balaban J connectivity index is 2.35. The molecule has 22 heavy (non-hydrogen) atoms. The van der Waals surface area contributed by atoms with Crippen LogP contribution in [0, 0.1) is 11.3 Å². The number of benzene rings is 1. The summed E-state index contributed by atoms with van der Waals surface area (Å²) in [7, 11) is -1.91. The number of pyridine rings is 1. The number of aromatic nitrogens is 1. The largest absolute Gasteiger partial charge is 0.353 e. The predicted molar refractivity (Wildman–Crippen MR) is 83.6 cm³/mol. The summed E-state index contributed by atoms with van der Waals surface area (Å²) in [5.41, 5.74) is 1.12. The molecule has 2 N–H and O–H groups in total. The van der Waals surface area contributed by atoms with Crippen LogP contribution in [0.2, 0.25) is 0 Å². The fourth-order valence-electron chi connectivity index (χ4n) is 2.06. The van der Waals surface area contributed by atoms with Gasteiger partial charge in [0.1, 0.15) is 17.6 Å². The number of nitrogens with zero attached hydrogens (tertiary/aromatic N) is 3. The maximum atomic E-state index is 11.4. The topological polar surface area (TPSA) is 100 Å². The number of primary sulfonamides is 1. The van der Waals surface area contributed by atoms with Crippen molar-refractivity contribution in [1.29, 1.82) is 5.26 Å². The first kappa shape index (κ1) is 15.9. The number of hydrogen-bond donors (Lipinski definition) is 1. The van der Waals surface area contributed by atoms with E-state index in [1.54, 1.807) is 30.3 Å². The summed E-state index contributed by atoms with van der Waals surface area (Å²) in [6.45, 7) is 1.92. The van der Waals surface area contributed by atoms with Crippen LogP contribution in [-0.2, 0) is 10.0 Å². The summed E-state index contributed by atoms with van der Waals surface area (Å²) >= 11 is 0. The quantitative estimate of drug-likeness (QED) is 0.927. The second-order valence-electron chi connectivity index (χ2n) is 4.90. The Morgan fingerprint density at radius 2 is 1.95 bits per heavy atom.